The Kier molecular flexibility index (Phi) is 6.70. The summed E-state index contributed by atoms with van der Waals surface area (Å²) >= 11 is 4.68. The zero-order valence-electron chi connectivity index (χ0n) is 20.2. The van der Waals surface area contributed by atoms with E-state index >= 15 is 0 Å². The van der Waals surface area contributed by atoms with Gasteiger partial charge in [0.15, 0.2) is 4.80 Å². The number of rotatable bonds is 5. The Morgan fingerprint density at radius 3 is 2.54 bits per heavy atom. The van der Waals surface area contributed by atoms with Crippen molar-refractivity contribution in [3.05, 3.63) is 113 Å². The van der Waals surface area contributed by atoms with E-state index in [1.165, 1.54) is 28.0 Å². The van der Waals surface area contributed by atoms with Gasteiger partial charge in [0.05, 0.1) is 26.3 Å². The van der Waals surface area contributed by atoms with Crippen LogP contribution in [0.25, 0.3) is 6.08 Å². The largest absolute Gasteiger partial charge is 0.440 e. The Labute approximate surface area is 224 Å². The van der Waals surface area contributed by atoms with Crippen molar-refractivity contribution < 1.29 is 13.6 Å². The molecule has 0 spiro atoms. The zero-order chi connectivity index (χ0) is 26.3. The number of thiazole rings is 1. The summed E-state index contributed by atoms with van der Waals surface area (Å²) in [6.07, 6.45) is 1.66. The van der Waals surface area contributed by atoms with Gasteiger partial charge in [-0.25, -0.2) is 9.38 Å². The average molecular weight is 581 g/mol. The number of hydrogen-bond acceptors (Lipinski definition) is 6. The van der Waals surface area contributed by atoms with Crippen LogP contribution in [0.2, 0.25) is 0 Å². The zero-order valence-corrected chi connectivity index (χ0v) is 22.6. The Hall–Kier alpha value is -3.76. The maximum Gasteiger partial charge on any atom is 0.271 e. The van der Waals surface area contributed by atoms with Crippen LogP contribution in [0.1, 0.15) is 24.3 Å². The van der Waals surface area contributed by atoms with Crippen molar-refractivity contribution in [2.75, 3.05) is 24.3 Å². The molecular weight excluding hydrogens is 559 g/mol. The number of para-hydroxylation sites is 1. The summed E-state index contributed by atoms with van der Waals surface area (Å²) in [7, 11) is 3.71. The van der Waals surface area contributed by atoms with Crippen molar-refractivity contribution >= 4 is 50.8 Å². The molecule has 4 aromatic rings. The van der Waals surface area contributed by atoms with E-state index < -0.39 is 11.9 Å². The molecule has 1 aliphatic heterocycles. The van der Waals surface area contributed by atoms with Gasteiger partial charge in [0.1, 0.15) is 11.6 Å². The first kappa shape index (κ1) is 24.9. The standard InChI is InChI=1S/C27H22BrFN4O3S/c1-15-22(24(34)31-18-7-5-4-6-8-18)23(16-9-11-17(29)12-10-16)33-25(35)21(37-27(33)30-15)14-19-13-20(28)26(36-19)32(2)3/h4-14,23H,1-3H3,(H,31,34)/b21-14+/t23-/m0/s1. The Balaban J connectivity index is 1.66. The molecule has 0 aliphatic carbocycles. The van der Waals surface area contributed by atoms with Gasteiger partial charge in [-0.2, -0.15) is 0 Å². The molecule has 1 aliphatic rings. The van der Waals surface area contributed by atoms with Crippen molar-refractivity contribution in [1.29, 1.82) is 0 Å². The van der Waals surface area contributed by atoms with Crippen LogP contribution >= 0.6 is 27.3 Å². The number of fused-ring (bicyclic) bond motifs is 1. The van der Waals surface area contributed by atoms with E-state index in [1.54, 1.807) is 43.3 Å². The van der Waals surface area contributed by atoms with Crippen LogP contribution in [-0.4, -0.2) is 24.6 Å². The predicted molar refractivity (Wildman–Crippen MR) is 146 cm³/mol. The van der Waals surface area contributed by atoms with E-state index in [-0.39, 0.29) is 11.5 Å². The van der Waals surface area contributed by atoms with Gasteiger partial charge in [0.25, 0.3) is 11.5 Å². The molecule has 0 radical (unpaired) electrons. The first-order valence-electron chi connectivity index (χ1n) is 11.3. The van der Waals surface area contributed by atoms with Crippen LogP contribution in [0.15, 0.2) is 90.6 Å². The van der Waals surface area contributed by atoms with Crippen LogP contribution in [-0.2, 0) is 4.79 Å². The number of nitrogens with zero attached hydrogens (tertiary/aromatic N) is 3. The molecule has 1 atom stereocenters. The van der Waals surface area contributed by atoms with Gasteiger partial charge in [-0.15, -0.1) is 0 Å². The molecule has 188 valence electrons. The molecule has 37 heavy (non-hydrogen) atoms. The highest BCUT2D eigenvalue weighted by Gasteiger charge is 2.32. The molecule has 0 saturated carbocycles. The van der Waals surface area contributed by atoms with Gasteiger partial charge in [-0.3, -0.25) is 14.2 Å². The number of aromatic nitrogens is 1. The molecule has 2 aromatic carbocycles. The number of anilines is 2. The second kappa shape index (κ2) is 9.95. The summed E-state index contributed by atoms with van der Waals surface area (Å²) in [5.41, 5.74) is 1.67. The lowest BCUT2D eigenvalue weighted by molar-refractivity contribution is -0.113. The summed E-state index contributed by atoms with van der Waals surface area (Å²) in [4.78, 5) is 34.1. The monoisotopic (exact) mass is 580 g/mol. The van der Waals surface area contributed by atoms with E-state index in [9.17, 15) is 14.0 Å². The maximum atomic E-state index is 13.8. The molecule has 0 unspecified atom stereocenters. The molecular formula is C27H22BrFN4O3S. The quantitative estimate of drug-likeness (QED) is 0.378. The van der Waals surface area contributed by atoms with Crippen molar-refractivity contribution in [2.45, 2.75) is 13.0 Å². The van der Waals surface area contributed by atoms with E-state index in [0.717, 1.165) is 4.47 Å². The second-order valence-corrected chi connectivity index (χ2v) is 10.5. The predicted octanol–water partition coefficient (Wildman–Crippen LogP) is 4.43. The number of amides is 1. The molecule has 7 nitrogen and oxygen atoms in total. The topological polar surface area (TPSA) is 79.8 Å². The number of furan rings is 1. The van der Waals surface area contributed by atoms with Crippen molar-refractivity contribution in [2.24, 2.45) is 4.99 Å². The fourth-order valence-corrected chi connectivity index (χ4v) is 5.86. The van der Waals surface area contributed by atoms with Gasteiger partial charge in [-0.1, -0.05) is 41.7 Å². The fraction of sp³-hybridized carbons (Fsp3) is 0.148. The Morgan fingerprint density at radius 2 is 1.89 bits per heavy atom. The molecule has 10 heteroatoms. The number of nitrogens with one attached hydrogen (secondary N) is 1. The number of benzene rings is 2. The normalized spacial score (nSPS) is 15.4. The molecule has 5 rings (SSSR count). The number of carbonyl (C=O) groups is 1. The first-order valence-corrected chi connectivity index (χ1v) is 12.9. The number of carbonyl (C=O) groups excluding carboxylic acids is 1. The summed E-state index contributed by atoms with van der Waals surface area (Å²) in [5, 5.41) is 2.89. The molecule has 1 N–H and O–H groups in total. The second-order valence-electron chi connectivity index (χ2n) is 8.65. The summed E-state index contributed by atoms with van der Waals surface area (Å²) in [6, 6.07) is 15.8. The van der Waals surface area contributed by atoms with Crippen LogP contribution in [0.3, 0.4) is 0 Å². The molecule has 0 fully saturated rings. The lowest BCUT2D eigenvalue weighted by Crippen LogP contribution is -2.40. The van der Waals surface area contributed by atoms with Crippen molar-refractivity contribution in [3.63, 3.8) is 0 Å². The highest BCUT2D eigenvalue weighted by molar-refractivity contribution is 9.10. The lowest BCUT2D eigenvalue weighted by Gasteiger charge is -2.25. The Morgan fingerprint density at radius 1 is 1.19 bits per heavy atom. The summed E-state index contributed by atoms with van der Waals surface area (Å²) in [6.45, 7) is 1.74. The summed E-state index contributed by atoms with van der Waals surface area (Å²) in [5.74, 6) is 0.324. The minimum Gasteiger partial charge on any atom is -0.440 e. The smallest absolute Gasteiger partial charge is 0.271 e. The van der Waals surface area contributed by atoms with Gasteiger partial charge >= 0.3 is 0 Å². The van der Waals surface area contributed by atoms with E-state index in [0.29, 0.717) is 43.5 Å². The van der Waals surface area contributed by atoms with E-state index in [1.807, 2.05) is 37.2 Å². The highest BCUT2D eigenvalue weighted by Crippen LogP contribution is 2.31. The lowest BCUT2D eigenvalue weighted by atomic mass is 9.95. The van der Waals surface area contributed by atoms with Gasteiger partial charge < -0.3 is 14.6 Å². The van der Waals surface area contributed by atoms with Crippen LogP contribution < -0.4 is 25.1 Å². The van der Waals surface area contributed by atoms with Gasteiger partial charge in [0.2, 0.25) is 5.88 Å². The van der Waals surface area contributed by atoms with Crippen molar-refractivity contribution in [3.8, 4) is 0 Å². The minimum absolute atomic E-state index is 0.310. The van der Waals surface area contributed by atoms with Crippen LogP contribution in [0, 0.1) is 5.82 Å². The van der Waals surface area contributed by atoms with Crippen molar-refractivity contribution in [1.82, 2.24) is 4.57 Å². The number of allylic oxidation sites excluding steroid dienone is 1. The molecule has 0 bridgehead atoms. The third-order valence-corrected chi connectivity index (χ3v) is 7.40. The number of hydrogen-bond donors (Lipinski definition) is 1. The minimum atomic E-state index is -0.789. The number of halogens is 2. The SMILES string of the molecule is CC1=C(C(=O)Nc2ccccc2)[C@H](c2ccc(F)cc2)n2c(s/c(=C/c3cc(Br)c(N(C)C)o3)c2=O)=N1. The summed E-state index contributed by atoms with van der Waals surface area (Å²) < 4.78 is 22.3. The van der Waals surface area contributed by atoms with Gasteiger partial charge in [-0.05, 0) is 52.7 Å². The first-order chi connectivity index (χ1) is 17.7. The fourth-order valence-electron chi connectivity index (χ4n) is 4.17. The van der Waals surface area contributed by atoms with E-state index in [2.05, 4.69) is 26.2 Å². The maximum absolute atomic E-state index is 13.8. The molecule has 0 saturated heterocycles. The molecule has 3 heterocycles. The average Bonchev–Trinajstić information content (AvgIpc) is 3.38. The van der Waals surface area contributed by atoms with Crippen LogP contribution in [0.4, 0.5) is 16.0 Å². The third-order valence-electron chi connectivity index (χ3n) is 5.85. The van der Waals surface area contributed by atoms with E-state index in [4.69, 9.17) is 4.42 Å². The molecule has 2 aromatic heterocycles. The van der Waals surface area contributed by atoms with Crippen LogP contribution in [0.5, 0.6) is 0 Å². The molecule has 1 amide bonds. The van der Waals surface area contributed by atoms with Gasteiger partial charge in [0, 0.05) is 31.9 Å². The highest BCUT2D eigenvalue weighted by atomic mass is 79.9. The third kappa shape index (κ3) is 4.82. The Bertz CT molecular complexity index is 1700.